The monoisotopic (exact) mass is 826 g/mol. The first-order chi connectivity index (χ1) is 27.3. The van der Waals surface area contributed by atoms with Crippen molar-refractivity contribution in [1.29, 1.82) is 0 Å². The summed E-state index contributed by atoms with van der Waals surface area (Å²) in [5.74, 6) is 1.31. The molecule has 0 N–H and O–H groups in total. The third-order valence-corrected chi connectivity index (χ3v) is 15.7. The molecule has 2 atom stereocenters. The van der Waals surface area contributed by atoms with E-state index in [2.05, 4.69) is 63.3 Å². The molecule has 1 rings (SSSR count). The maximum absolute atomic E-state index is 12.9. The average Bonchev–Trinajstić information content (AvgIpc) is 3.59. The SMILES string of the molecule is CCCCCCCCCCCOC(=O)CCCCCC1(CCCCCCCC(=O)OC(CCCCCCCC)CCCCCCCC)SCC(CCN(C)C)S1. The van der Waals surface area contributed by atoms with Crippen molar-refractivity contribution < 1.29 is 19.1 Å². The summed E-state index contributed by atoms with van der Waals surface area (Å²) in [6.07, 6.45) is 43.4. The lowest BCUT2D eigenvalue weighted by molar-refractivity contribution is -0.150. The Morgan fingerprint density at radius 3 is 1.52 bits per heavy atom. The third kappa shape index (κ3) is 32.5. The number of carbonyl (C=O) groups excluding carboxylic acids is 2. The second-order valence-corrected chi connectivity index (χ2v) is 21.0. The van der Waals surface area contributed by atoms with Crippen LogP contribution in [-0.2, 0) is 19.1 Å². The van der Waals surface area contributed by atoms with Gasteiger partial charge in [-0.25, -0.2) is 0 Å². The van der Waals surface area contributed by atoms with Crippen molar-refractivity contribution in [2.45, 2.75) is 267 Å². The molecule has 1 aliphatic rings. The first kappa shape index (κ1) is 53.6. The van der Waals surface area contributed by atoms with Crippen molar-refractivity contribution in [2.24, 2.45) is 0 Å². The van der Waals surface area contributed by atoms with Gasteiger partial charge in [0.2, 0.25) is 0 Å². The van der Waals surface area contributed by atoms with Crippen LogP contribution in [0.1, 0.15) is 252 Å². The Balaban J connectivity index is 2.33. The van der Waals surface area contributed by atoms with Gasteiger partial charge in [-0.1, -0.05) is 175 Å². The largest absolute Gasteiger partial charge is 0.466 e. The van der Waals surface area contributed by atoms with E-state index in [1.165, 1.54) is 179 Å². The highest BCUT2D eigenvalue weighted by atomic mass is 32.2. The lowest BCUT2D eigenvalue weighted by Gasteiger charge is -2.28. The lowest BCUT2D eigenvalue weighted by Crippen LogP contribution is -2.20. The first-order valence-electron chi connectivity index (χ1n) is 24.7. The molecule has 56 heavy (non-hydrogen) atoms. The molecular weight excluding hydrogens is 731 g/mol. The van der Waals surface area contributed by atoms with Gasteiger partial charge in [-0.3, -0.25) is 9.59 Å². The molecule has 2 unspecified atom stereocenters. The van der Waals surface area contributed by atoms with E-state index < -0.39 is 0 Å². The van der Waals surface area contributed by atoms with Crippen LogP contribution in [-0.4, -0.2) is 65.3 Å². The van der Waals surface area contributed by atoms with E-state index >= 15 is 0 Å². The van der Waals surface area contributed by atoms with Crippen LogP contribution in [0.25, 0.3) is 0 Å². The first-order valence-corrected chi connectivity index (χ1v) is 26.5. The van der Waals surface area contributed by atoms with Crippen molar-refractivity contribution in [2.75, 3.05) is 33.0 Å². The maximum Gasteiger partial charge on any atom is 0.306 e. The highest BCUT2D eigenvalue weighted by Gasteiger charge is 2.39. The maximum atomic E-state index is 12.9. The number of esters is 2. The minimum atomic E-state index is 0.00190. The van der Waals surface area contributed by atoms with Crippen LogP contribution in [0.2, 0.25) is 0 Å². The van der Waals surface area contributed by atoms with Crippen molar-refractivity contribution in [3.05, 3.63) is 0 Å². The predicted octanol–water partition coefficient (Wildman–Crippen LogP) is 15.7. The van der Waals surface area contributed by atoms with Crippen LogP contribution in [0, 0.1) is 0 Å². The molecule has 1 aliphatic heterocycles. The second-order valence-electron chi connectivity index (χ2n) is 17.7. The van der Waals surface area contributed by atoms with E-state index in [0.717, 1.165) is 56.7 Å². The zero-order valence-corrected chi connectivity index (χ0v) is 39.8. The predicted molar refractivity (Wildman–Crippen MR) is 249 cm³/mol. The molecule has 7 heteroatoms. The van der Waals surface area contributed by atoms with Gasteiger partial charge < -0.3 is 14.4 Å². The van der Waals surface area contributed by atoms with Crippen LogP contribution in [0.15, 0.2) is 0 Å². The fourth-order valence-electron chi connectivity index (χ4n) is 8.07. The Morgan fingerprint density at radius 2 is 1.00 bits per heavy atom. The van der Waals surface area contributed by atoms with Crippen LogP contribution >= 0.6 is 23.5 Å². The number of nitrogens with zero attached hydrogens (tertiary/aromatic N) is 1. The minimum absolute atomic E-state index is 0.00190. The summed E-state index contributed by atoms with van der Waals surface area (Å²) in [5, 5.41) is 0.746. The molecule has 0 spiro atoms. The fraction of sp³-hybridized carbons (Fsp3) is 0.959. The Kier molecular flexibility index (Phi) is 37.1. The number of thioether (sulfide) groups is 2. The van der Waals surface area contributed by atoms with Gasteiger partial charge >= 0.3 is 11.9 Å². The lowest BCUT2D eigenvalue weighted by atomic mass is 10.0. The van der Waals surface area contributed by atoms with Gasteiger partial charge in [0.25, 0.3) is 0 Å². The van der Waals surface area contributed by atoms with Crippen LogP contribution in [0.3, 0.4) is 0 Å². The number of carbonyl (C=O) groups is 2. The molecule has 0 radical (unpaired) electrons. The molecule has 0 saturated carbocycles. The van der Waals surface area contributed by atoms with E-state index in [4.69, 9.17) is 9.47 Å². The molecule has 332 valence electrons. The molecule has 1 heterocycles. The van der Waals surface area contributed by atoms with Crippen molar-refractivity contribution in [3.63, 3.8) is 0 Å². The van der Waals surface area contributed by atoms with Gasteiger partial charge in [-0.05, 0) is 84.8 Å². The summed E-state index contributed by atoms with van der Waals surface area (Å²) in [4.78, 5) is 27.6. The second kappa shape index (κ2) is 38.8. The van der Waals surface area contributed by atoms with Crippen molar-refractivity contribution >= 4 is 35.5 Å². The van der Waals surface area contributed by atoms with Crippen LogP contribution < -0.4 is 0 Å². The van der Waals surface area contributed by atoms with Crippen molar-refractivity contribution in [1.82, 2.24) is 4.90 Å². The molecule has 0 aromatic carbocycles. The molecule has 0 aromatic heterocycles. The average molecular weight is 826 g/mol. The van der Waals surface area contributed by atoms with Gasteiger partial charge in [0.1, 0.15) is 6.10 Å². The zero-order chi connectivity index (χ0) is 40.8. The third-order valence-electron chi connectivity index (χ3n) is 11.8. The van der Waals surface area contributed by atoms with E-state index in [0.29, 0.717) is 23.5 Å². The molecule has 0 amide bonds. The molecular formula is C49H95NO4S2. The molecule has 5 nitrogen and oxygen atoms in total. The Bertz CT molecular complexity index is 872. The quantitative estimate of drug-likeness (QED) is 0.0449. The van der Waals surface area contributed by atoms with E-state index in [9.17, 15) is 9.59 Å². The number of hydrogen-bond donors (Lipinski definition) is 0. The summed E-state index contributed by atoms with van der Waals surface area (Å²) in [5.41, 5.74) is 0. The summed E-state index contributed by atoms with van der Waals surface area (Å²) in [6.45, 7) is 8.58. The summed E-state index contributed by atoms with van der Waals surface area (Å²) in [6, 6.07) is 0. The van der Waals surface area contributed by atoms with Gasteiger partial charge in [-0.2, -0.15) is 0 Å². The number of rotatable bonds is 42. The molecule has 0 bridgehead atoms. The van der Waals surface area contributed by atoms with Gasteiger partial charge in [0, 0.05) is 23.8 Å². The zero-order valence-electron chi connectivity index (χ0n) is 38.1. The molecule has 1 saturated heterocycles. The van der Waals surface area contributed by atoms with Crippen molar-refractivity contribution in [3.8, 4) is 0 Å². The highest BCUT2D eigenvalue weighted by Crippen LogP contribution is 2.55. The van der Waals surface area contributed by atoms with Gasteiger partial charge in [0.15, 0.2) is 0 Å². The smallest absolute Gasteiger partial charge is 0.306 e. The number of hydrogen-bond acceptors (Lipinski definition) is 7. The summed E-state index contributed by atoms with van der Waals surface area (Å²) >= 11 is 4.50. The minimum Gasteiger partial charge on any atom is -0.466 e. The summed E-state index contributed by atoms with van der Waals surface area (Å²) < 4.78 is 12.0. The Hall–Kier alpha value is -0.400. The molecule has 0 aromatic rings. The topological polar surface area (TPSA) is 55.8 Å². The number of ether oxygens (including phenoxy) is 2. The summed E-state index contributed by atoms with van der Waals surface area (Å²) in [7, 11) is 4.37. The number of unbranched alkanes of at least 4 members (excludes halogenated alkanes) is 24. The van der Waals surface area contributed by atoms with Crippen LogP contribution in [0.5, 0.6) is 0 Å². The Morgan fingerprint density at radius 1 is 0.571 bits per heavy atom. The highest BCUT2D eigenvalue weighted by molar-refractivity contribution is 8.21. The van der Waals surface area contributed by atoms with Gasteiger partial charge in [0.05, 0.1) is 10.7 Å². The van der Waals surface area contributed by atoms with Gasteiger partial charge in [-0.15, -0.1) is 23.5 Å². The van der Waals surface area contributed by atoms with E-state index in [1.807, 2.05) is 0 Å². The van der Waals surface area contributed by atoms with Crippen LogP contribution in [0.4, 0.5) is 0 Å². The van der Waals surface area contributed by atoms with E-state index in [-0.39, 0.29) is 18.0 Å². The molecule has 0 aliphatic carbocycles. The molecule has 1 fully saturated rings. The Labute approximate surface area is 358 Å². The standard InChI is InChI=1S/C49H95NO4S2/c1-6-9-12-15-18-19-20-26-34-43-53-47(51)37-31-27-33-41-49(55-44-46(56-49)39-42-50(4)5)40-32-25-21-24-30-38-48(52)54-45(35-28-22-16-13-10-7-2)36-29-23-17-14-11-8-3/h45-46H,6-44H2,1-5H3. The van der Waals surface area contributed by atoms with E-state index in [1.54, 1.807) is 0 Å². The normalized spacial score (nSPS) is 17.0. The fourth-order valence-corrected chi connectivity index (χ4v) is 12.0.